The molecule has 0 spiro atoms. The van der Waals surface area contributed by atoms with Crippen LogP contribution in [-0.2, 0) is 6.15 Å². The molecular weight excluding hydrogens is 406 g/mol. The van der Waals surface area contributed by atoms with Crippen molar-refractivity contribution in [2.75, 3.05) is 6.61 Å². The van der Waals surface area contributed by atoms with Gasteiger partial charge in [0, 0.05) is 0 Å². The molecule has 0 fully saturated rings. The van der Waals surface area contributed by atoms with Gasteiger partial charge < -0.3 is 0 Å². The van der Waals surface area contributed by atoms with Gasteiger partial charge in [0.15, 0.2) is 0 Å². The number of hydrogen-bond acceptors (Lipinski definition) is 2. The number of alkyl halides is 9. The molecule has 2 nitrogen and oxygen atoms in total. The van der Waals surface area contributed by atoms with E-state index in [-0.39, 0.29) is 6.42 Å². The second-order valence-corrected chi connectivity index (χ2v) is 7.61. The summed E-state index contributed by atoms with van der Waals surface area (Å²) in [6.07, 6.45) is -6.96. The minimum absolute atomic E-state index is 0.0520. The van der Waals surface area contributed by atoms with Crippen LogP contribution in [0.2, 0.25) is 0 Å². The first-order valence-corrected chi connectivity index (χ1v) is 8.36. The summed E-state index contributed by atoms with van der Waals surface area (Å²) in [4.78, 5) is 0. The van der Waals surface area contributed by atoms with E-state index in [0.717, 1.165) is 0 Å². The quantitative estimate of drug-likeness (QED) is 0.494. The fraction of sp³-hybridized carbons (Fsp3) is 1.00. The van der Waals surface area contributed by atoms with Gasteiger partial charge in [-0.2, -0.15) is 0 Å². The molecule has 0 aromatic rings. The monoisotopic (exact) mass is 414 g/mol. The van der Waals surface area contributed by atoms with E-state index in [1.165, 1.54) is 6.92 Å². The molecule has 12 heteroatoms. The van der Waals surface area contributed by atoms with E-state index in [1.54, 1.807) is 0 Å². The van der Waals surface area contributed by atoms with Gasteiger partial charge in [0.2, 0.25) is 0 Å². The molecule has 0 unspecified atom stereocenters. The van der Waals surface area contributed by atoms with Crippen molar-refractivity contribution in [1.29, 1.82) is 0 Å². The van der Waals surface area contributed by atoms with Crippen LogP contribution in [0.25, 0.3) is 0 Å². The van der Waals surface area contributed by atoms with Crippen LogP contribution in [0.1, 0.15) is 13.3 Å². The van der Waals surface area contributed by atoms with Gasteiger partial charge in [0.05, 0.1) is 0 Å². The molecular formula is C7H7F9O2Sn. The van der Waals surface area contributed by atoms with Gasteiger partial charge >= 0.3 is 108 Å². The van der Waals surface area contributed by atoms with Crippen LogP contribution in [0.3, 0.4) is 0 Å². The number of halogens is 9. The summed E-state index contributed by atoms with van der Waals surface area (Å²) in [6, 6.07) is 0. The van der Waals surface area contributed by atoms with E-state index < -0.39 is 48.7 Å². The van der Waals surface area contributed by atoms with Crippen molar-refractivity contribution in [3.05, 3.63) is 0 Å². The first-order valence-electron chi connectivity index (χ1n) is 4.60. The molecule has 0 aliphatic heterocycles. The average Bonchev–Trinajstić information content (AvgIpc) is 2.23. The normalized spacial score (nSPS) is 14.6. The van der Waals surface area contributed by atoms with E-state index in [9.17, 15) is 42.6 Å². The Bertz CT molecular complexity index is 338. The van der Waals surface area contributed by atoms with Crippen LogP contribution in [0, 0.1) is 0 Å². The van der Waals surface area contributed by atoms with Gasteiger partial charge in [0.25, 0.3) is 0 Å². The Morgan fingerprint density at radius 3 is 1.63 bits per heavy atom. The molecule has 0 heterocycles. The Morgan fingerprint density at radius 1 is 0.895 bits per heavy atom. The van der Waals surface area contributed by atoms with Gasteiger partial charge in [-0.15, -0.1) is 0 Å². The molecule has 0 rings (SSSR count). The zero-order valence-corrected chi connectivity index (χ0v) is 12.0. The van der Waals surface area contributed by atoms with Crippen molar-refractivity contribution in [2.45, 2.75) is 35.3 Å². The average molecular weight is 413 g/mol. The summed E-state index contributed by atoms with van der Waals surface area (Å²) >= 11 is -6.16. The van der Waals surface area contributed by atoms with Gasteiger partial charge in [-0.05, 0) is 0 Å². The zero-order chi connectivity index (χ0) is 15.7. The Kier molecular flexibility index (Phi) is 5.71. The van der Waals surface area contributed by atoms with Gasteiger partial charge in [0.1, 0.15) is 0 Å². The minimum atomic E-state index is -7.02. The van der Waals surface area contributed by atoms with E-state index in [0.29, 0.717) is 0 Å². The third-order valence-corrected chi connectivity index (χ3v) is 5.53. The number of rotatable bonds is 6. The summed E-state index contributed by atoms with van der Waals surface area (Å²) in [5.74, 6) is -13.9. The van der Waals surface area contributed by atoms with Crippen LogP contribution in [0.5, 0.6) is 0 Å². The van der Waals surface area contributed by atoms with E-state index in [4.69, 9.17) is 0 Å². The Morgan fingerprint density at radius 2 is 1.32 bits per heavy atom. The Hall–Kier alpha value is -0.0713. The van der Waals surface area contributed by atoms with E-state index >= 15 is 0 Å². The van der Waals surface area contributed by atoms with Gasteiger partial charge in [-0.3, -0.25) is 0 Å². The van der Waals surface area contributed by atoms with Gasteiger partial charge in [-0.25, -0.2) is 0 Å². The fourth-order valence-corrected chi connectivity index (χ4v) is 3.60. The topological polar surface area (TPSA) is 26.3 Å². The van der Waals surface area contributed by atoms with Crippen LogP contribution < -0.4 is 0 Å². The SMILES string of the molecule is CCC[O][Sn](=[O])[C](F)(F)C(F)(F)C(F)(F)C(F)(F)F. The molecule has 0 aromatic heterocycles. The van der Waals surface area contributed by atoms with Crippen molar-refractivity contribution in [2.24, 2.45) is 0 Å². The molecule has 0 aromatic carbocycles. The van der Waals surface area contributed by atoms with E-state index in [2.05, 4.69) is 3.07 Å². The van der Waals surface area contributed by atoms with Crippen LogP contribution >= 0.6 is 0 Å². The predicted octanol–water partition coefficient (Wildman–Crippen LogP) is 3.34. The molecule has 0 atom stereocenters. The first kappa shape index (κ1) is 18.9. The maximum atomic E-state index is 12.9. The van der Waals surface area contributed by atoms with Crippen molar-refractivity contribution >= 4 is 20.2 Å². The molecule has 19 heavy (non-hydrogen) atoms. The van der Waals surface area contributed by atoms with Crippen LogP contribution in [-0.4, -0.2) is 48.7 Å². The van der Waals surface area contributed by atoms with E-state index in [1.807, 2.05) is 0 Å². The Balaban J connectivity index is 5.45. The van der Waals surface area contributed by atoms with Crippen molar-refractivity contribution < 1.29 is 45.7 Å². The van der Waals surface area contributed by atoms with Crippen LogP contribution in [0.15, 0.2) is 0 Å². The molecule has 0 aliphatic rings. The maximum absolute atomic E-state index is 12.9. The molecule has 114 valence electrons. The Labute approximate surface area is 108 Å². The fourth-order valence-electron chi connectivity index (χ4n) is 0.789. The summed E-state index contributed by atoms with van der Waals surface area (Å²) in [6.45, 7) is 0.596. The molecule has 0 aliphatic carbocycles. The second-order valence-electron chi connectivity index (χ2n) is 3.36. The summed E-state index contributed by atoms with van der Waals surface area (Å²) in [5, 5.41) is 0. The van der Waals surface area contributed by atoms with Gasteiger partial charge in [-0.1, -0.05) is 0 Å². The molecule has 0 amide bonds. The molecule has 0 saturated heterocycles. The van der Waals surface area contributed by atoms with Crippen molar-refractivity contribution in [1.82, 2.24) is 0 Å². The third kappa shape index (κ3) is 3.34. The second kappa shape index (κ2) is 5.74. The predicted molar refractivity (Wildman–Crippen MR) is 43.6 cm³/mol. The number of hydrogen-bond donors (Lipinski definition) is 0. The molecule has 0 bridgehead atoms. The summed E-state index contributed by atoms with van der Waals surface area (Å²) in [7, 11) is 0. The molecule has 0 saturated carbocycles. The summed E-state index contributed by atoms with van der Waals surface area (Å²) in [5.41, 5.74) is 0. The molecule has 0 N–H and O–H groups in total. The van der Waals surface area contributed by atoms with Crippen molar-refractivity contribution in [3.8, 4) is 0 Å². The standard InChI is InChI=1S/C4F9.C3H7O.O.Sn/c5-1(6)2(7,8)3(9,10)4(11,12)13;1-2-3-4;;/h;2-3H2,1H3;;/q;-1;;+1. The third-order valence-electron chi connectivity index (χ3n) is 1.84. The van der Waals surface area contributed by atoms with Crippen LogP contribution in [0.4, 0.5) is 39.5 Å². The first-order chi connectivity index (χ1) is 8.23. The van der Waals surface area contributed by atoms with Crippen molar-refractivity contribution in [3.63, 3.8) is 0 Å². The zero-order valence-electron chi connectivity index (χ0n) is 9.13. The summed E-state index contributed by atoms with van der Waals surface area (Å²) < 4.78 is 119. The molecule has 0 radical (unpaired) electrons.